The lowest BCUT2D eigenvalue weighted by atomic mass is 9.97. The van der Waals surface area contributed by atoms with Crippen LogP contribution in [0.5, 0.6) is 5.06 Å². The van der Waals surface area contributed by atoms with E-state index in [2.05, 4.69) is 131 Å². The fraction of sp³-hybridized carbons (Fsp3) is 0.625. The molecule has 0 N–H and O–H groups in total. The molecular weight excluding hydrogens is 1230 g/mol. The number of hydrogen-bond acceptors (Lipinski definition) is 10. The second-order valence-corrected chi connectivity index (χ2v) is 33.4. The minimum absolute atomic E-state index is 1.04. The molecule has 494 valence electrons. The molecule has 7 aromatic heterocycles. The maximum Gasteiger partial charge on any atom is 0.174 e. The van der Waals surface area contributed by atoms with Crippen LogP contribution in [0.25, 0.3) is 70.9 Å². The zero-order chi connectivity index (χ0) is 63.1. The molecule has 0 atom stereocenters. The molecule has 0 aliphatic carbocycles. The molecular formula is C80H116N2OS7. The third-order valence-corrected chi connectivity index (χ3v) is 27.0. The van der Waals surface area contributed by atoms with Crippen molar-refractivity contribution < 1.29 is 4.74 Å². The quantitative estimate of drug-likeness (QED) is 0.0357. The number of hydrogen-bond donors (Lipinski definition) is 0. The van der Waals surface area contributed by atoms with E-state index >= 15 is 0 Å². The fourth-order valence-corrected chi connectivity index (χ4v) is 21.5. The SMILES string of the molecule is CCCCCCCCc1cc(C)sc1-c1cc(CCCCCCCC)c(-c2cc(CCCCCCCC)c(-c3ccc(-c4sc(-c5sc(-c6sc(OC)cc6CCCCCCCC)cc5CCCCCCCC)cc4CCCCCCCC)c4nsnc34)s2)s1. The first-order valence-electron chi connectivity index (χ1n) is 36.9. The summed E-state index contributed by atoms with van der Waals surface area (Å²) in [6.07, 6.45) is 54.2. The molecule has 0 saturated heterocycles. The van der Waals surface area contributed by atoms with Crippen molar-refractivity contribution in [1.82, 2.24) is 8.75 Å². The summed E-state index contributed by atoms with van der Waals surface area (Å²) < 4.78 is 16.7. The summed E-state index contributed by atoms with van der Waals surface area (Å²) in [6, 6.07) is 20.4. The lowest BCUT2D eigenvalue weighted by Gasteiger charge is -2.09. The van der Waals surface area contributed by atoms with Crippen LogP contribution in [-0.4, -0.2) is 15.9 Å². The van der Waals surface area contributed by atoms with Crippen molar-refractivity contribution in [2.45, 2.75) is 318 Å². The van der Waals surface area contributed by atoms with Gasteiger partial charge in [0.1, 0.15) is 11.0 Å². The Balaban J connectivity index is 1.19. The summed E-state index contributed by atoms with van der Waals surface area (Å²) in [5.41, 5.74) is 13.9. The molecule has 0 amide bonds. The molecule has 0 saturated carbocycles. The number of ether oxygens (including phenoxy) is 1. The number of unbranched alkanes of at least 4 members (excludes halogenated alkanes) is 30. The van der Waals surface area contributed by atoms with Crippen LogP contribution < -0.4 is 4.74 Å². The van der Waals surface area contributed by atoms with Gasteiger partial charge in [0, 0.05) is 59.9 Å². The normalized spacial score (nSPS) is 11.9. The predicted octanol–water partition coefficient (Wildman–Crippen LogP) is 29.8. The van der Waals surface area contributed by atoms with Gasteiger partial charge in [0.2, 0.25) is 0 Å². The zero-order valence-corrected chi connectivity index (χ0v) is 63.2. The number of aromatic nitrogens is 2. The van der Waals surface area contributed by atoms with Crippen LogP contribution in [-0.2, 0) is 38.5 Å². The molecule has 90 heavy (non-hydrogen) atoms. The monoisotopic (exact) mass is 1340 g/mol. The van der Waals surface area contributed by atoms with Crippen LogP contribution in [0.4, 0.5) is 0 Å². The van der Waals surface area contributed by atoms with E-state index in [0.29, 0.717) is 0 Å². The number of fused-ring (bicyclic) bond motifs is 1. The Hall–Kier alpha value is -2.96. The highest BCUT2D eigenvalue weighted by atomic mass is 32.1. The second-order valence-electron chi connectivity index (χ2n) is 26.4. The molecule has 8 aromatic rings. The molecule has 0 aliphatic rings. The van der Waals surface area contributed by atoms with Crippen molar-refractivity contribution in [3.63, 3.8) is 0 Å². The van der Waals surface area contributed by atoms with E-state index in [1.807, 2.05) is 41.1 Å². The number of benzene rings is 1. The van der Waals surface area contributed by atoms with Gasteiger partial charge >= 0.3 is 0 Å². The van der Waals surface area contributed by atoms with Gasteiger partial charge in [-0.2, -0.15) is 8.75 Å². The minimum Gasteiger partial charge on any atom is -0.487 e. The molecule has 0 aliphatic heterocycles. The van der Waals surface area contributed by atoms with Crippen LogP contribution >= 0.6 is 79.7 Å². The smallest absolute Gasteiger partial charge is 0.174 e. The van der Waals surface area contributed by atoms with Crippen LogP contribution in [0.3, 0.4) is 0 Å². The van der Waals surface area contributed by atoms with Gasteiger partial charge in [-0.05, 0) is 154 Å². The van der Waals surface area contributed by atoms with Gasteiger partial charge in [0.25, 0.3) is 0 Å². The first-order valence-corrected chi connectivity index (χ1v) is 42.5. The summed E-state index contributed by atoms with van der Waals surface area (Å²) in [5, 5.41) is 1.04. The predicted molar refractivity (Wildman–Crippen MR) is 411 cm³/mol. The second kappa shape index (κ2) is 41.1. The number of thiophene rings is 6. The van der Waals surface area contributed by atoms with Gasteiger partial charge < -0.3 is 4.74 Å². The Morgan fingerprint density at radius 3 is 0.867 bits per heavy atom. The van der Waals surface area contributed by atoms with Crippen molar-refractivity contribution in [3.05, 3.63) is 86.8 Å². The van der Waals surface area contributed by atoms with Gasteiger partial charge in [-0.1, -0.05) is 258 Å². The highest BCUT2D eigenvalue weighted by Gasteiger charge is 2.26. The van der Waals surface area contributed by atoms with E-state index in [1.54, 1.807) is 11.1 Å². The van der Waals surface area contributed by atoms with E-state index in [0.717, 1.165) is 48.2 Å². The van der Waals surface area contributed by atoms with Crippen molar-refractivity contribution in [1.29, 1.82) is 0 Å². The van der Waals surface area contributed by atoms with Crippen LogP contribution in [0.15, 0.2) is 48.5 Å². The standard InChI is InChI=1S/C80H116N2OS7/c1-9-15-21-27-33-39-45-60-53-59(7)84-77(60)68-56-63(48-42-36-30-24-18-12-4)78(87-68)69-54-61(46-40-34-28-22-16-10-2)75(85-69)66-51-52-67(74-73(66)81-90-82-74)76-62(47-41-35-29-23-17-11-3)55-70(86-76)79-64(49-43-37-31-25-19-13-5)57-71(88-79)80-65(58-72(83-8)89-80)50-44-38-32-26-20-14-6/h51-58H,9-50H2,1-8H3. The molecule has 0 unspecified atom stereocenters. The van der Waals surface area contributed by atoms with E-state index in [1.165, 1.54) is 336 Å². The molecule has 0 fully saturated rings. The third-order valence-electron chi connectivity index (χ3n) is 18.8. The van der Waals surface area contributed by atoms with Crippen molar-refractivity contribution in [2.75, 3.05) is 7.11 Å². The summed E-state index contributed by atoms with van der Waals surface area (Å²) in [5.74, 6) is 0. The maximum atomic E-state index is 6.00. The third kappa shape index (κ3) is 21.8. The lowest BCUT2D eigenvalue weighted by molar-refractivity contribution is 0.427. The molecule has 10 heteroatoms. The van der Waals surface area contributed by atoms with Crippen LogP contribution in [0.2, 0.25) is 0 Å². The maximum absolute atomic E-state index is 6.00. The van der Waals surface area contributed by atoms with E-state index in [4.69, 9.17) is 13.5 Å². The molecule has 0 radical (unpaired) electrons. The Morgan fingerprint density at radius 1 is 0.289 bits per heavy atom. The first-order chi connectivity index (χ1) is 44.3. The topological polar surface area (TPSA) is 35.0 Å². The van der Waals surface area contributed by atoms with Gasteiger partial charge in [0.15, 0.2) is 5.06 Å². The molecule has 8 rings (SSSR count). The first kappa shape index (κ1) is 72.9. The summed E-state index contributed by atoms with van der Waals surface area (Å²) in [6.45, 7) is 16.3. The van der Waals surface area contributed by atoms with Crippen molar-refractivity contribution >= 4 is 90.8 Å². The van der Waals surface area contributed by atoms with E-state index < -0.39 is 0 Å². The highest BCUT2D eigenvalue weighted by molar-refractivity contribution is 7.28. The number of aryl methyl sites for hydroxylation is 7. The van der Waals surface area contributed by atoms with Crippen molar-refractivity contribution in [3.8, 4) is 65.0 Å². The molecule has 7 heterocycles. The highest BCUT2D eigenvalue weighted by Crippen LogP contribution is 2.52. The lowest BCUT2D eigenvalue weighted by Crippen LogP contribution is -1.90. The summed E-state index contributed by atoms with van der Waals surface area (Å²) in [7, 11) is 1.85. The number of methoxy groups -OCH3 is 1. The van der Waals surface area contributed by atoms with Gasteiger partial charge in [-0.15, -0.1) is 56.7 Å². The fourth-order valence-electron chi connectivity index (χ4n) is 13.4. The summed E-state index contributed by atoms with van der Waals surface area (Å²) in [4.78, 5) is 16.1. The zero-order valence-electron chi connectivity index (χ0n) is 57.5. The number of nitrogens with zero attached hydrogens (tertiary/aromatic N) is 2. The van der Waals surface area contributed by atoms with Gasteiger partial charge in [0.05, 0.1) is 23.7 Å². The van der Waals surface area contributed by atoms with Crippen LogP contribution in [0, 0.1) is 6.92 Å². The van der Waals surface area contributed by atoms with Crippen molar-refractivity contribution in [2.24, 2.45) is 0 Å². The summed E-state index contributed by atoms with van der Waals surface area (Å²) >= 11 is 13.6. The molecule has 3 nitrogen and oxygen atoms in total. The number of rotatable bonds is 49. The van der Waals surface area contributed by atoms with Gasteiger partial charge in [-0.3, -0.25) is 0 Å². The van der Waals surface area contributed by atoms with E-state index in [-0.39, 0.29) is 0 Å². The largest absolute Gasteiger partial charge is 0.487 e. The average molecular weight is 1350 g/mol. The molecule has 1 aromatic carbocycles. The Labute approximate surface area is 576 Å². The average Bonchev–Trinajstić information content (AvgIpc) is 1.62. The van der Waals surface area contributed by atoms with Gasteiger partial charge in [-0.25, -0.2) is 0 Å². The van der Waals surface area contributed by atoms with Crippen LogP contribution in [0.1, 0.15) is 311 Å². The molecule has 0 bridgehead atoms. The Morgan fingerprint density at radius 2 is 0.544 bits per heavy atom. The Kier molecular flexibility index (Phi) is 33.3. The minimum atomic E-state index is 1.04. The Bertz CT molecular complexity index is 3260. The molecule has 0 spiro atoms. The van der Waals surface area contributed by atoms with E-state index in [9.17, 15) is 0 Å².